The van der Waals surface area contributed by atoms with E-state index >= 15 is 0 Å². The Kier molecular flexibility index (Phi) is 1.89. The summed E-state index contributed by atoms with van der Waals surface area (Å²) in [4.78, 5) is 23.6. The van der Waals surface area contributed by atoms with Gasteiger partial charge in [0.15, 0.2) is 5.82 Å². The third-order valence-corrected chi connectivity index (χ3v) is 2.41. The molecular formula is C11H8N4O. The number of amides is 1. The fourth-order valence-electron chi connectivity index (χ4n) is 1.63. The molecule has 1 aliphatic heterocycles. The molecule has 0 aliphatic carbocycles. The van der Waals surface area contributed by atoms with E-state index in [9.17, 15) is 4.79 Å². The summed E-state index contributed by atoms with van der Waals surface area (Å²) < 4.78 is 0. The molecule has 78 valence electrons. The molecule has 0 aromatic carbocycles. The van der Waals surface area contributed by atoms with Crippen LogP contribution in [0.1, 0.15) is 5.56 Å². The number of aromatic nitrogens is 3. The standard InChI is InChI=1S/C11H8N4O/c16-9-5-8-6-13-10(15-11(8)14-9)7-1-3-12-4-2-7/h1-4,6H,5H2,(H,13,14,15,16). The van der Waals surface area contributed by atoms with Gasteiger partial charge in [0, 0.05) is 29.7 Å². The van der Waals surface area contributed by atoms with Crippen LogP contribution < -0.4 is 5.32 Å². The lowest BCUT2D eigenvalue weighted by molar-refractivity contribution is -0.115. The fraction of sp³-hybridized carbons (Fsp3) is 0.0909. The van der Waals surface area contributed by atoms with Crippen molar-refractivity contribution in [1.29, 1.82) is 0 Å². The van der Waals surface area contributed by atoms with Crippen molar-refractivity contribution in [3.05, 3.63) is 36.3 Å². The molecule has 2 aromatic heterocycles. The maximum atomic E-state index is 11.2. The van der Waals surface area contributed by atoms with Crippen LogP contribution in [0.5, 0.6) is 0 Å². The lowest BCUT2D eigenvalue weighted by Gasteiger charge is -2.01. The molecule has 1 amide bonds. The summed E-state index contributed by atoms with van der Waals surface area (Å²) in [5, 5.41) is 2.70. The lowest BCUT2D eigenvalue weighted by Crippen LogP contribution is -2.04. The molecule has 2 aromatic rings. The highest BCUT2D eigenvalue weighted by molar-refractivity contribution is 5.97. The van der Waals surface area contributed by atoms with E-state index in [-0.39, 0.29) is 5.91 Å². The Labute approximate surface area is 91.6 Å². The van der Waals surface area contributed by atoms with Gasteiger partial charge in [-0.3, -0.25) is 9.78 Å². The van der Waals surface area contributed by atoms with Crippen LogP contribution in [0.3, 0.4) is 0 Å². The van der Waals surface area contributed by atoms with Gasteiger partial charge in [-0.05, 0) is 12.1 Å². The highest BCUT2D eigenvalue weighted by Gasteiger charge is 2.19. The first kappa shape index (κ1) is 8.96. The molecule has 0 spiro atoms. The number of fused-ring (bicyclic) bond motifs is 1. The Hall–Kier alpha value is -2.30. The van der Waals surface area contributed by atoms with Crippen molar-refractivity contribution in [1.82, 2.24) is 15.0 Å². The minimum Gasteiger partial charge on any atom is -0.310 e. The third-order valence-electron chi connectivity index (χ3n) is 2.41. The normalized spacial score (nSPS) is 13.4. The van der Waals surface area contributed by atoms with Crippen LogP contribution in [0.15, 0.2) is 30.7 Å². The van der Waals surface area contributed by atoms with Crippen molar-refractivity contribution >= 4 is 11.7 Å². The van der Waals surface area contributed by atoms with Crippen molar-refractivity contribution in [3.63, 3.8) is 0 Å². The van der Waals surface area contributed by atoms with Gasteiger partial charge in [-0.2, -0.15) is 0 Å². The highest BCUT2D eigenvalue weighted by atomic mass is 16.1. The van der Waals surface area contributed by atoms with Crippen LogP contribution in [-0.2, 0) is 11.2 Å². The average molecular weight is 212 g/mol. The van der Waals surface area contributed by atoms with E-state index in [1.807, 2.05) is 12.1 Å². The Morgan fingerprint density at radius 2 is 2.06 bits per heavy atom. The molecule has 0 unspecified atom stereocenters. The summed E-state index contributed by atoms with van der Waals surface area (Å²) in [5.74, 6) is 1.19. The van der Waals surface area contributed by atoms with Crippen LogP contribution in [0.2, 0.25) is 0 Å². The molecule has 3 rings (SSSR count). The number of hydrogen-bond donors (Lipinski definition) is 1. The van der Waals surface area contributed by atoms with Crippen LogP contribution in [0.25, 0.3) is 11.4 Å². The van der Waals surface area contributed by atoms with Crippen molar-refractivity contribution < 1.29 is 4.79 Å². The third kappa shape index (κ3) is 1.42. The molecular weight excluding hydrogens is 204 g/mol. The number of pyridine rings is 1. The van der Waals surface area contributed by atoms with Gasteiger partial charge in [-0.1, -0.05) is 0 Å². The van der Waals surface area contributed by atoms with Gasteiger partial charge in [-0.25, -0.2) is 9.97 Å². The molecule has 0 atom stereocenters. The molecule has 0 bridgehead atoms. The SMILES string of the molecule is O=C1Cc2cnc(-c3ccncc3)nc2N1. The Morgan fingerprint density at radius 3 is 2.88 bits per heavy atom. The van der Waals surface area contributed by atoms with E-state index in [1.165, 1.54) is 0 Å². The van der Waals surface area contributed by atoms with Crippen LogP contribution in [-0.4, -0.2) is 20.9 Å². The second kappa shape index (κ2) is 3.37. The minimum atomic E-state index is -0.0313. The maximum Gasteiger partial charge on any atom is 0.230 e. The van der Waals surface area contributed by atoms with Gasteiger partial charge in [-0.15, -0.1) is 0 Å². The number of rotatable bonds is 1. The van der Waals surface area contributed by atoms with E-state index in [2.05, 4.69) is 20.3 Å². The van der Waals surface area contributed by atoms with Crippen molar-refractivity contribution in [2.75, 3.05) is 5.32 Å². The fourth-order valence-corrected chi connectivity index (χ4v) is 1.63. The number of carbonyl (C=O) groups excluding carboxylic acids is 1. The molecule has 5 nitrogen and oxygen atoms in total. The summed E-state index contributed by atoms with van der Waals surface area (Å²) >= 11 is 0. The zero-order chi connectivity index (χ0) is 11.0. The molecule has 1 N–H and O–H groups in total. The predicted octanol–water partition coefficient (Wildman–Crippen LogP) is 1.03. The first-order valence-electron chi connectivity index (χ1n) is 4.89. The van der Waals surface area contributed by atoms with Gasteiger partial charge in [0.05, 0.1) is 6.42 Å². The van der Waals surface area contributed by atoms with Gasteiger partial charge < -0.3 is 5.32 Å². The van der Waals surface area contributed by atoms with E-state index in [1.54, 1.807) is 18.6 Å². The number of anilines is 1. The minimum absolute atomic E-state index is 0.0313. The lowest BCUT2D eigenvalue weighted by atomic mass is 10.2. The van der Waals surface area contributed by atoms with Gasteiger partial charge in [0.1, 0.15) is 5.82 Å². The molecule has 1 aliphatic rings. The van der Waals surface area contributed by atoms with Crippen LogP contribution in [0, 0.1) is 0 Å². The predicted molar refractivity (Wildman–Crippen MR) is 57.6 cm³/mol. The molecule has 0 saturated carbocycles. The van der Waals surface area contributed by atoms with E-state index in [0.29, 0.717) is 18.1 Å². The largest absolute Gasteiger partial charge is 0.310 e. The van der Waals surface area contributed by atoms with E-state index in [4.69, 9.17) is 0 Å². The summed E-state index contributed by atoms with van der Waals surface area (Å²) in [6.45, 7) is 0. The monoisotopic (exact) mass is 212 g/mol. The molecule has 0 saturated heterocycles. The second-order valence-electron chi connectivity index (χ2n) is 3.53. The molecule has 3 heterocycles. The topological polar surface area (TPSA) is 67.8 Å². The zero-order valence-corrected chi connectivity index (χ0v) is 8.34. The van der Waals surface area contributed by atoms with Gasteiger partial charge >= 0.3 is 0 Å². The quantitative estimate of drug-likeness (QED) is 0.766. The maximum absolute atomic E-state index is 11.2. The second-order valence-corrected chi connectivity index (χ2v) is 3.53. The summed E-state index contributed by atoms with van der Waals surface area (Å²) in [6, 6.07) is 3.66. The molecule has 5 heteroatoms. The summed E-state index contributed by atoms with van der Waals surface area (Å²) in [7, 11) is 0. The van der Waals surface area contributed by atoms with Crippen LogP contribution >= 0.6 is 0 Å². The zero-order valence-electron chi connectivity index (χ0n) is 8.34. The highest BCUT2D eigenvalue weighted by Crippen LogP contribution is 2.22. The van der Waals surface area contributed by atoms with Gasteiger partial charge in [0.25, 0.3) is 0 Å². The first-order valence-corrected chi connectivity index (χ1v) is 4.89. The van der Waals surface area contributed by atoms with Crippen LogP contribution in [0.4, 0.5) is 5.82 Å². The molecule has 16 heavy (non-hydrogen) atoms. The van der Waals surface area contributed by atoms with Gasteiger partial charge in [0.2, 0.25) is 5.91 Å². The molecule has 0 fully saturated rings. The van der Waals surface area contributed by atoms with Crippen molar-refractivity contribution in [3.8, 4) is 11.4 Å². The number of nitrogens with zero attached hydrogens (tertiary/aromatic N) is 3. The summed E-state index contributed by atoms with van der Waals surface area (Å²) in [5.41, 5.74) is 1.74. The van der Waals surface area contributed by atoms with E-state index < -0.39 is 0 Å². The van der Waals surface area contributed by atoms with Crippen molar-refractivity contribution in [2.24, 2.45) is 0 Å². The number of hydrogen-bond acceptors (Lipinski definition) is 4. The Bertz CT molecular complexity index is 553. The van der Waals surface area contributed by atoms with E-state index in [0.717, 1.165) is 11.1 Å². The number of nitrogens with one attached hydrogen (secondary N) is 1. The molecule has 0 radical (unpaired) electrons. The first-order chi connectivity index (χ1) is 7.83. The smallest absolute Gasteiger partial charge is 0.230 e. The number of carbonyl (C=O) groups is 1. The average Bonchev–Trinajstić information content (AvgIpc) is 2.69. The summed E-state index contributed by atoms with van der Waals surface area (Å²) in [6.07, 6.45) is 5.43. The Morgan fingerprint density at radius 1 is 1.25 bits per heavy atom. The van der Waals surface area contributed by atoms with Crippen molar-refractivity contribution in [2.45, 2.75) is 6.42 Å². The Balaban J connectivity index is 2.06.